The molecule has 2 fully saturated rings. The predicted molar refractivity (Wildman–Crippen MR) is 118 cm³/mol. The Balaban J connectivity index is 1.28. The zero-order chi connectivity index (χ0) is 21.8. The number of methoxy groups -OCH3 is 2. The minimum absolute atomic E-state index is 0.149. The number of urea groups is 1. The van der Waals surface area contributed by atoms with Gasteiger partial charge in [0.25, 0.3) is 0 Å². The number of carbonyl (C=O) groups excluding carboxylic acids is 2. The van der Waals surface area contributed by atoms with Crippen molar-refractivity contribution in [1.82, 2.24) is 19.6 Å². The fourth-order valence-corrected chi connectivity index (χ4v) is 4.77. The number of fused-ring (bicyclic) bond motifs is 1. The summed E-state index contributed by atoms with van der Waals surface area (Å²) in [4.78, 5) is 33.7. The summed E-state index contributed by atoms with van der Waals surface area (Å²) in [7, 11) is 3.27. The molecular formula is C23H34N4O4. The number of hydrogen-bond acceptors (Lipinski definition) is 5. The highest BCUT2D eigenvalue weighted by molar-refractivity contribution is 5.79. The zero-order valence-corrected chi connectivity index (χ0v) is 18.8. The van der Waals surface area contributed by atoms with Crippen LogP contribution in [0.15, 0.2) is 12.1 Å². The molecule has 0 aromatic heterocycles. The van der Waals surface area contributed by atoms with Gasteiger partial charge in [-0.3, -0.25) is 9.69 Å². The first-order chi connectivity index (χ1) is 15.1. The minimum Gasteiger partial charge on any atom is -0.493 e. The Morgan fingerprint density at radius 1 is 0.774 bits per heavy atom. The highest BCUT2D eigenvalue weighted by atomic mass is 16.5. The lowest BCUT2D eigenvalue weighted by molar-refractivity contribution is -0.133. The van der Waals surface area contributed by atoms with Crippen molar-refractivity contribution >= 4 is 11.9 Å². The van der Waals surface area contributed by atoms with E-state index in [-0.39, 0.29) is 11.9 Å². The van der Waals surface area contributed by atoms with E-state index in [1.165, 1.54) is 12.0 Å². The van der Waals surface area contributed by atoms with E-state index in [0.29, 0.717) is 38.5 Å². The van der Waals surface area contributed by atoms with Crippen LogP contribution in [0.1, 0.15) is 30.4 Å². The number of likely N-dealkylation sites (tertiary alicyclic amines) is 1. The van der Waals surface area contributed by atoms with Crippen molar-refractivity contribution in [3.05, 3.63) is 23.3 Å². The summed E-state index contributed by atoms with van der Waals surface area (Å²) in [5.74, 6) is 1.58. The van der Waals surface area contributed by atoms with Gasteiger partial charge in [-0.2, -0.15) is 0 Å². The highest BCUT2D eigenvalue weighted by Crippen LogP contribution is 2.33. The normalized spacial score (nSPS) is 19.7. The summed E-state index contributed by atoms with van der Waals surface area (Å²) in [6.07, 6.45) is 4.26. The third kappa shape index (κ3) is 4.89. The van der Waals surface area contributed by atoms with E-state index in [1.54, 1.807) is 14.2 Å². The maximum absolute atomic E-state index is 13.0. The maximum atomic E-state index is 13.0. The largest absolute Gasteiger partial charge is 0.493 e. The fraction of sp³-hybridized carbons (Fsp3) is 0.652. The van der Waals surface area contributed by atoms with Crippen LogP contribution in [0.2, 0.25) is 0 Å². The van der Waals surface area contributed by atoms with Crippen LogP contribution in [0.25, 0.3) is 0 Å². The molecule has 1 aromatic rings. The molecule has 8 heteroatoms. The Morgan fingerprint density at radius 2 is 1.39 bits per heavy atom. The minimum atomic E-state index is 0.149. The average molecular weight is 431 g/mol. The van der Waals surface area contributed by atoms with Crippen molar-refractivity contribution in [3.8, 4) is 11.5 Å². The average Bonchev–Trinajstić information content (AvgIpc) is 2.83. The van der Waals surface area contributed by atoms with Crippen molar-refractivity contribution in [3.63, 3.8) is 0 Å². The van der Waals surface area contributed by atoms with E-state index in [9.17, 15) is 9.59 Å². The molecule has 0 aliphatic carbocycles. The first-order valence-electron chi connectivity index (χ1n) is 11.4. The molecule has 4 rings (SSSR count). The van der Waals surface area contributed by atoms with Crippen molar-refractivity contribution in [2.24, 2.45) is 0 Å². The summed E-state index contributed by atoms with van der Waals surface area (Å²) in [5, 5.41) is 0. The van der Waals surface area contributed by atoms with Gasteiger partial charge >= 0.3 is 6.03 Å². The monoisotopic (exact) mass is 430 g/mol. The van der Waals surface area contributed by atoms with Gasteiger partial charge in [0.05, 0.1) is 20.8 Å². The first kappa shape index (κ1) is 21.7. The SMILES string of the molecule is COc1cc2c(cc1OC)CN(C(=O)CN1CCN(C(=O)N3CCCCC3)CC1)CC2. The van der Waals surface area contributed by atoms with Crippen LogP contribution < -0.4 is 9.47 Å². The highest BCUT2D eigenvalue weighted by Gasteiger charge is 2.29. The van der Waals surface area contributed by atoms with Gasteiger partial charge in [0.15, 0.2) is 11.5 Å². The molecule has 0 radical (unpaired) electrons. The molecule has 3 amide bonds. The van der Waals surface area contributed by atoms with Gasteiger partial charge in [0.1, 0.15) is 0 Å². The molecule has 1 aromatic carbocycles. The van der Waals surface area contributed by atoms with Crippen molar-refractivity contribution < 1.29 is 19.1 Å². The van der Waals surface area contributed by atoms with Crippen molar-refractivity contribution in [1.29, 1.82) is 0 Å². The lowest BCUT2D eigenvalue weighted by Crippen LogP contribution is -2.55. The van der Waals surface area contributed by atoms with E-state index >= 15 is 0 Å². The molecule has 2 saturated heterocycles. The molecule has 0 bridgehead atoms. The second kappa shape index (κ2) is 9.77. The number of ether oxygens (including phenoxy) is 2. The van der Waals surface area contributed by atoms with Gasteiger partial charge in [-0.25, -0.2) is 4.79 Å². The summed E-state index contributed by atoms with van der Waals surface area (Å²) in [6, 6.07) is 4.18. The van der Waals surface area contributed by atoms with E-state index in [2.05, 4.69) is 4.90 Å². The summed E-state index contributed by atoms with van der Waals surface area (Å²) >= 11 is 0. The van der Waals surface area contributed by atoms with Crippen LogP contribution in [0.4, 0.5) is 4.79 Å². The van der Waals surface area contributed by atoms with Gasteiger partial charge in [0, 0.05) is 52.4 Å². The van der Waals surface area contributed by atoms with Crippen LogP contribution in [0.3, 0.4) is 0 Å². The van der Waals surface area contributed by atoms with Crippen LogP contribution in [-0.4, -0.2) is 98.1 Å². The molecule has 8 nitrogen and oxygen atoms in total. The van der Waals surface area contributed by atoms with E-state index in [4.69, 9.17) is 9.47 Å². The Kier molecular flexibility index (Phi) is 6.85. The lowest BCUT2D eigenvalue weighted by Gasteiger charge is -2.39. The molecule has 0 spiro atoms. The van der Waals surface area contributed by atoms with Crippen molar-refractivity contribution in [2.75, 3.05) is 66.6 Å². The molecule has 31 heavy (non-hydrogen) atoms. The zero-order valence-electron chi connectivity index (χ0n) is 18.8. The molecule has 3 aliphatic heterocycles. The molecular weight excluding hydrogens is 396 g/mol. The molecule has 3 heterocycles. The smallest absolute Gasteiger partial charge is 0.320 e. The van der Waals surface area contributed by atoms with E-state index < -0.39 is 0 Å². The third-order valence-corrected chi connectivity index (χ3v) is 6.70. The Labute approximate surface area is 184 Å². The Bertz CT molecular complexity index is 801. The summed E-state index contributed by atoms with van der Waals surface area (Å²) in [6.45, 7) is 6.38. The maximum Gasteiger partial charge on any atom is 0.320 e. The van der Waals surface area contributed by atoms with Crippen LogP contribution in [0, 0.1) is 0 Å². The fourth-order valence-electron chi connectivity index (χ4n) is 4.77. The van der Waals surface area contributed by atoms with Gasteiger partial charge in [-0.1, -0.05) is 0 Å². The number of amides is 3. The Morgan fingerprint density at radius 3 is 2.03 bits per heavy atom. The molecule has 0 N–H and O–H groups in total. The van der Waals surface area contributed by atoms with Crippen molar-refractivity contribution in [2.45, 2.75) is 32.2 Å². The number of rotatable bonds is 4. The molecule has 170 valence electrons. The lowest BCUT2D eigenvalue weighted by atomic mass is 9.98. The van der Waals surface area contributed by atoms with Crippen LogP contribution in [-0.2, 0) is 17.8 Å². The predicted octanol–water partition coefficient (Wildman–Crippen LogP) is 1.81. The van der Waals surface area contributed by atoms with Gasteiger partial charge < -0.3 is 24.2 Å². The number of piperidine rings is 1. The second-order valence-electron chi connectivity index (χ2n) is 8.63. The van der Waals surface area contributed by atoms with Gasteiger partial charge in [-0.05, 0) is 48.9 Å². The topological polar surface area (TPSA) is 65.6 Å². The third-order valence-electron chi connectivity index (χ3n) is 6.70. The van der Waals surface area contributed by atoms with Crippen LogP contribution in [0.5, 0.6) is 11.5 Å². The molecule has 3 aliphatic rings. The number of carbonyl (C=O) groups is 2. The van der Waals surface area contributed by atoms with Gasteiger partial charge in [-0.15, -0.1) is 0 Å². The Hall–Kier alpha value is -2.48. The number of benzene rings is 1. The van der Waals surface area contributed by atoms with E-state index in [1.807, 2.05) is 26.8 Å². The molecule has 0 unspecified atom stereocenters. The van der Waals surface area contributed by atoms with Crippen LogP contribution >= 0.6 is 0 Å². The number of nitrogens with zero attached hydrogens (tertiary/aromatic N) is 4. The number of hydrogen-bond donors (Lipinski definition) is 0. The summed E-state index contributed by atoms with van der Waals surface area (Å²) in [5.41, 5.74) is 2.33. The standard InChI is InChI=1S/C23H34N4O4/c1-30-20-14-18-6-9-27(16-19(18)15-21(20)31-2)22(28)17-24-10-12-26(13-11-24)23(29)25-7-4-3-5-8-25/h14-15H,3-13,16-17H2,1-2H3. The summed E-state index contributed by atoms with van der Waals surface area (Å²) < 4.78 is 10.8. The quantitative estimate of drug-likeness (QED) is 0.729. The molecule has 0 saturated carbocycles. The second-order valence-corrected chi connectivity index (χ2v) is 8.63. The van der Waals surface area contributed by atoms with Gasteiger partial charge in [0.2, 0.25) is 5.91 Å². The molecule has 0 atom stereocenters. The van der Waals surface area contributed by atoms with E-state index in [0.717, 1.165) is 56.8 Å². The number of piperazine rings is 1. The first-order valence-corrected chi connectivity index (χ1v) is 11.4.